The van der Waals surface area contributed by atoms with Gasteiger partial charge in [0.2, 0.25) is 0 Å². The van der Waals surface area contributed by atoms with E-state index in [0.717, 1.165) is 32.5 Å². The third kappa shape index (κ3) is 4.49. The molecule has 15 heavy (non-hydrogen) atoms. The molecule has 0 radical (unpaired) electrons. The summed E-state index contributed by atoms with van der Waals surface area (Å²) in [5.41, 5.74) is 0.152. The maximum Gasteiger partial charge on any atom is 0.0709 e. The van der Waals surface area contributed by atoms with Crippen molar-refractivity contribution in [1.29, 1.82) is 0 Å². The van der Waals surface area contributed by atoms with E-state index in [4.69, 9.17) is 9.94 Å². The number of hydrogen-bond donors (Lipinski definition) is 1. The molecule has 0 saturated carbocycles. The summed E-state index contributed by atoms with van der Waals surface area (Å²) in [5.74, 6) is 0. The van der Waals surface area contributed by atoms with E-state index >= 15 is 0 Å². The van der Waals surface area contributed by atoms with Gasteiger partial charge in [-0.25, -0.2) is 0 Å². The first-order chi connectivity index (χ1) is 7.31. The normalized spacial score (nSPS) is 23.8. The molecule has 0 aromatic rings. The Labute approximate surface area is 94.4 Å². The third-order valence-corrected chi connectivity index (χ3v) is 2.84. The van der Waals surface area contributed by atoms with Crippen molar-refractivity contribution in [2.24, 2.45) is 0 Å². The van der Waals surface area contributed by atoms with E-state index in [1.54, 1.807) is 0 Å². The average molecular weight is 217 g/mol. The van der Waals surface area contributed by atoms with Gasteiger partial charge in [0.05, 0.1) is 5.60 Å². The summed E-state index contributed by atoms with van der Waals surface area (Å²) in [6.07, 6.45) is 4.40. The van der Waals surface area contributed by atoms with E-state index in [9.17, 15) is 0 Å². The van der Waals surface area contributed by atoms with Crippen molar-refractivity contribution in [3.8, 4) is 0 Å². The molecular weight excluding hydrogens is 190 g/mol. The van der Waals surface area contributed by atoms with Gasteiger partial charge in [-0.2, -0.15) is 5.06 Å². The lowest BCUT2D eigenvalue weighted by Crippen LogP contribution is -2.42. The van der Waals surface area contributed by atoms with Crippen LogP contribution in [0.5, 0.6) is 0 Å². The second-order valence-corrected chi connectivity index (χ2v) is 3.59. The molecule has 92 valence electrons. The number of ether oxygens (including phenoxy) is 1. The summed E-state index contributed by atoms with van der Waals surface area (Å²) >= 11 is 0. The van der Waals surface area contributed by atoms with Crippen LogP contribution >= 0.6 is 0 Å². The zero-order valence-electron chi connectivity index (χ0n) is 10.8. The molecular formula is C12H27NO2. The zero-order chi connectivity index (χ0) is 11.7. The highest BCUT2D eigenvalue weighted by Crippen LogP contribution is 2.34. The number of rotatable bonds is 0. The molecule has 0 unspecified atom stereocenters. The molecule has 2 saturated heterocycles. The molecule has 2 aliphatic heterocycles. The lowest BCUT2D eigenvalue weighted by molar-refractivity contribution is -0.150. The second kappa shape index (κ2) is 8.08. The number of nitrogens with zero attached hydrogens (tertiary/aromatic N) is 1. The Morgan fingerprint density at radius 1 is 1.00 bits per heavy atom. The summed E-state index contributed by atoms with van der Waals surface area (Å²) < 4.78 is 5.69. The molecule has 1 spiro atoms. The topological polar surface area (TPSA) is 32.7 Å². The van der Waals surface area contributed by atoms with Gasteiger partial charge in [-0.1, -0.05) is 27.7 Å². The van der Waals surface area contributed by atoms with Crippen LogP contribution < -0.4 is 0 Å². The van der Waals surface area contributed by atoms with Crippen LogP contribution in [-0.2, 0) is 4.74 Å². The molecule has 0 aromatic carbocycles. The van der Waals surface area contributed by atoms with Gasteiger partial charge >= 0.3 is 0 Å². The molecule has 3 heteroatoms. The highest BCUT2D eigenvalue weighted by atomic mass is 16.5. The van der Waals surface area contributed by atoms with Crippen LogP contribution in [0.2, 0.25) is 0 Å². The third-order valence-electron chi connectivity index (χ3n) is 2.84. The number of hydrogen-bond acceptors (Lipinski definition) is 3. The monoisotopic (exact) mass is 217 g/mol. The van der Waals surface area contributed by atoms with Crippen molar-refractivity contribution in [2.75, 3.05) is 19.7 Å². The van der Waals surface area contributed by atoms with E-state index in [1.807, 2.05) is 27.7 Å². The molecule has 0 aromatic heterocycles. The maximum atomic E-state index is 9.13. The Morgan fingerprint density at radius 3 is 1.93 bits per heavy atom. The van der Waals surface area contributed by atoms with Crippen LogP contribution in [0.1, 0.15) is 53.4 Å². The summed E-state index contributed by atoms with van der Waals surface area (Å²) in [7, 11) is 0. The van der Waals surface area contributed by atoms with Crippen molar-refractivity contribution in [3.05, 3.63) is 0 Å². The van der Waals surface area contributed by atoms with Gasteiger partial charge in [-0.05, 0) is 25.7 Å². The maximum absolute atomic E-state index is 9.13. The van der Waals surface area contributed by atoms with E-state index < -0.39 is 0 Å². The van der Waals surface area contributed by atoms with Crippen molar-refractivity contribution >= 4 is 0 Å². The summed E-state index contributed by atoms with van der Waals surface area (Å²) in [4.78, 5) is 0. The molecule has 2 heterocycles. The van der Waals surface area contributed by atoms with Crippen LogP contribution in [0, 0.1) is 0 Å². The first-order valence-corrected chi connectivity index (χ1v) is 6.39. The largest absolute Gasteiger partial charge is 0.375 e. The van der Waals surface area contributed by atoms with E-state index in [1.165, 1.54) is 17.9 Å². The standard InChI is InChI=1S/C8H15NO2.2C2H6/c10-9-5-3-8(4-6-9)2-1-7-11-8;2*1-2/h10H,1-7H2;2*1-2H3. The quantitative estimate of drug-likeness (QED) is 0.677. The predicted octanol–water partition coefficient (Wildman–Crippen LogP) is 3.07. The minimum atomic E-state index is 0.152. The first kappa shape index (κ1) is 14.9. The summed E-state index contributed by atoms with van der Waals surface area (Å²) in [5, 5.41) is 10.5. The smallest absolute Gasteiger partial charge is 0.0709 e. The van der Waals surface area contributed by atoms with Crippen LogP contribution in [0.25, 0.3) is 0 Å². The van der Waals surface area contributed by atoms with E-state index in [2.05, 4.69) is 0 Å². The van der Waals surface area contributed by atoms with Crippen LogP contribution in [-0.4, -0.2) is 35.6 Å². The van der Waals surface area contributed by atoms with Gasteiger partial charge in [0, 0.05) is 19.7 Å². The molecule has 1 N–H and O–H groups in total. The van der Waals surface area contributed by atoms with E-state index in [0.29, 0.717) is 0 Å². The number of hydroxylamine groups is 2. The molecule has 2 aliphatic rings. The fourth-order valence-electron chi connectivity index (χ4n) is 2.05. The van der Waals surface area contributed by atoms with Crippen LogP contribution in [0.3, 0.4) is 0 Å². The van der Waals surface area contributed by atoms with Gasteiger partial charge in [0.15, 0.2) is 0 Å². The number of piperidine rings is 1. The highest BCUT2D eigenvalue weighted by Gasteiger charge is 2.37. The molecule has 2 fully saturated rings. The molecule has 0 amide bonds. The zero-order valence-corrected chi connectivity index (χ0v) is 10.8. The first-order valence-electron chi connectivity index (χ1n) is 6.39. The Hall–Kier alpha value is -0.120. The molecule has 0 aliphatic carbocycles. The Balaban J connectivity index is 0.000000442. The fourth-order valence-corrected chi connectivity index (χ4v) is 2.05. The van der Waals surface area contributed by atoms with Crippen molar-refractivity contribution in [1.82, 2.24) is 5.06 Å². The molecule has 3 nitrogen and oxygen atoms in total. The Bertz CT molecular complexity index is 135. The van der Waals surface area contributed by atoms with Gasteiger partial charge < -0.3 is 9.94 Å². The second-order valence-electron chi connectivity index (χ2n) is 3.59. The van der Waals surface area contributed by atoms with Gasteiger partial charge in [-0.15, -0.1) is 0 Å². The lowest BCUT2D eigenvalue weighted by atomic mass is 9.89. The average Bonchev–Trinajstić information content (AvgIpc) is 2.77. The Morgan fingerprint density at radius 2 is 1.53 bits per heavy atom. The SMILES string of the molecule is CC.CC.ON1CCC2(CCCO2)CC1. The summed E-state index contributed by atoms with van der Waals surface area (Å²) in [6.45, 7) is 10.5. The van der Waals surface area contributed by atoms with Gasteiger partial charge in [0.25, 0.3) is 0 Å². The predicted molar refractivity (Wildman–Crippen MR) is 63.2 cm³/mol. The van der Waals surface area contributed by atoms with Gasteiger partial charge in [0.1, 0.15) is 0 Å². The lowest BCUT2D eigenvalue weighted by Gasteiger charge is -2.35. The van der Waals surface area contributed by atoms with Crippen molar-refractivity contribution < 1.29 is 9.94 Å². The minimum absolute atomic E-state index is 0.152. The molecule has 0 atom stereocenters. The van der Waals surface area contributed by atoms with Gasteiger partial charge in [-0.3, -0.25) is 0 Å². The molecule has 2 rings (SSSR count). The fraction of sp³-hybridized carbons (Fsp3) is 1.00. The minimum Gasteiger partial charge on any atom is -0.375 e. The Kier molecular flexibility index (Phi) is 8.02. The highest BCUT2D eigenvalue weighted by molar-refractivity contribution is 4.88. The van der Waals surface area contributed by atoms with Crippen LogP contribution in [0.15, 0.2) is 0 Å². The van der Waals surface area contributed by atoms with Crippen molar-refractivity contribution in [3.63, 3.8) is 0 Å². The molecule has 0 bridgehead atoms. The van der Waals surface area contributed by atoms with E-state index in [-0.39, 0.29) is 5.60 Å². The summed E-state index contributed by atoms with van der Waals surface area (Å²) in [6, 6.07) is 0. The van der Waals surface area contributed by atoms with Crippen LogP contribution in [0.4, 0.5) is 0 Å². The van der Waals surface area contributed by atoms with Crippen molar-refractivity contribution in [2.45, 2.75) is 59.0 Å².